The first-order valence-corrected chi connectivity index (χ1v) is 7.71. The highest BCUT2D eigenvalue weighted by atomic mass is 16.4. The molecule has 1 amide bonds. The molecular weight excluding hydrogens is 266 g/mol. The van der Waals surface area contributed by atoms with E-state index in [9.17, 15) is 14.7 Å². The maximum atomic E-state index is 12.1. The lowest BCUT2D eigenvalue weighted by Gasteiger charge is -2.31. The molecule has 0 bridgehead atoms. The summed E-state index contributed by atoms with van der Waals surface area (Å²) >= 11 is 0. The number of aliphatic carboxylic acids is 1. The van der Waals surface area contributed by atoms with Crippen LogP contribution in [0.3, 0.4) is 0 Å². The normalized spacial score (nSPS) is 21.7. The zero-order valence-electron chi connectivity index (χ0n) is 12.2. The Hall–Kier alpha value is -1.84. The van der Waals surface area contributed by atoms with Gasteiger partial charge < -0.3 is 15.2 Å². The molecule has 2 atom stereocenters. The van der Waals surface area contributed by atoms with Gasteiger partial charge in [-0.05, 0) is 31.2 Å². The van der Waals surface area contributed by atoms with Crippen LogP contribution in [-0.4, -0.2) is 18.4 Å². The van der Waals surface area contributed by atoms with Gasteiger partial charge in [0.25, 0.3) is 0 Å². The quantitative estimate of drug-likeness (QED) is 0.802. The molecule has 0 radical (unpaired) electrons. The van der Waals surface area contributed by atoms with Crippen molar-refractivity contribution in [3.63, 3.8) is 0 Å². The fraction of sp³-hybridized carbons (Fsp3) is 0.529. The highest BCUT2D eigenvalue weighted by Gasteiger charge is 2.31. The second kappa shape index (κ2) is 7.81. The van der Waals surface area contributed by atoms with E-state index < -0.39 is 17.8 Å². The van der Waals surface area contributed by atoms with Gasteiger partial charge >= 0.3 is 0 Å². The standard InChI is InChI=1S/C17H23NO3/c19-16(14-10-4-5-11-15(14)17(20)21)18-12-6-9-13-7-2-1-3-8-13/h1-3,7-8,14-15H,4-6,9-12H2,(H,18,19)(H,20,21)/p-1/t14-,15-/m1/s1. The molecule has 1 aromatic rings. The highest BCUT2D eigenvalue weighted by Crippen LogP contribution is 2.29. The van der Waals surface area contributed by atoms with Crippen LogP contribution in [0, 0.1) is 11.8 Å². The van der Waals surface area contributed by atoms with E-state index in [-0.39, 0.29) is 5.91 Å². The maximum absolute atomic E-state index is 12.1. The van der Waals surface area contributed by atoms with E-state index in [0.29, 0.717) is 19.4 Å². The summed E-state index contributed by atoms with van der Waals surface area (Å²) in [4.78, 5) is 23.2. The lowest BCUT2D eigenvalue weighted by molar-refractivity contribution is -0.314. The van der Waals surface area contributed by atoms with Gasteiger partial charge in [0, 0.05) is 24.3 Å². The lowest BCUT2D eigenvalue weighted by atomic mass is 9.78. The third-order valence-corrected chi connectivity index (χ3v) is 4.19. The highest BCUT2D eigenvalue weighted by molar-refractivity contribution is 5.84. The summed E-state index contributed by atoms with van der Waals surface area (Å²) in [6, 6.07) is 10.1. The van der Waals surface area contributed by atoms with Crippen LogP contribution >= 0.6 is 0 Å². The SMILES string of the molecule is O=C([O-])[C@@H]1CCCC[C@H]1C(=O)NCCCc1ccccc1. The van der Waals surface area contributed by atoms with Crippen molar-refractivity contribution in [3.05, 3.63) is 35.9 Å². The van der Waals surface area contributed by atoms with Crippen molar-refractivity contribution in [2.45, 2.75) is 38.5 Å². The predicted molar refractivity (Wildman–Crippen MR) is 78.2 cm³/mol. The van der Waals surface area contributed by atoms with E-state index in [2.05, 4.69) is 17.4 Å². The number of rotatable bonds is 6. The van der Waals surface area contributed by atoms with Gasteiger partial charge in [-0.1, -0.05) is 43.2 Å². The van der Waals surface area contributed by atoms with Crippen LogP contribution in [0.2, 0.25) is 0 Å². The fourth-order valence-electron chi connectivity index (χ4n) is 3.01. The second-order valence-electron chi connectivity index (χ2n) is 5.70. The second-order valence-corrected chi connectivity index (χ2v) is 5.70. The molecule has 0 unspecified atom stereocenters. The first-order valence-electron chi connectivity index (χ1n) is 7.71. The Morgan fingerprint density at radius 1 is 1.10 bits per heavy atom. The lowest BCUT2D eigenvalue weighted by Crippen LogP contribution is -2.44. The van der Waals surface area contributed by atoms with Gasteiger partial charge in [-0.3, -0.25) is 4.79 Å². The van der Waals surface area contributed by atoms with Crippen molar-refractivity contribution in [1.82, 2.24) is 5.32 Å². The number of carboxylic acids is 1. The van der Waals surface area contributed by atoms with Crippen molar-refractivity contribution >= 4 is 11.9 Å². The molecular formula is C17H22NO3-. The Kier molecular flexibility index (Phi) is 5.78. The van der Waals surface area contributed by atoms with Gasteiger partial charge in [0.2, 0.25) is 5.91 Å². The van der Waals surface area contributed by atoms with E-state index in [4.69, 9.17) is 0 Å². The van der Waals surface area contributed by atoms with Gasteiger partial charge in [-0.2, -0.15) is 0 Å². The van der Waals surface area contributed by atoms with Crippen molar-refractivity contribution in [2.75, 3.05) is 6.54 Å². The Morgan fingerprint density at radius 2 is 1.76 bits per heavy atom. The Labute approximate surface area is 125 Å². The largest absolute Gasteiger partial charge is 0.550 e. The monoisotopic (exact) mass is 288 g/mol. The Bertz CT molecular complexity index is 472. The molecule has 1 aromatic carbocycles. The van der Waals surface area contributed by atoms with E-state index in [1.165, 1.54) is 5.56 Å². The number of carboxylic acid groups (broad SMARTS) is 1. The number of hydrogen-bond acceptors (Lipinski definition) is 3. The van der Waals surface area contributed by atoms with Crippen LogP contribution in [0.25, 0.3) is 0 Å². The summed E-state index contributed by atoms with van der Waals surface area (Å²) in [5.74, 6) is -2.25. The summed E-state index contributed by atoms with van der Waals surface area (Å²) in [7, 11) is 0. The van der Waals surface area contributed by atoms with Gasteiger partial charge in [-0.25, -0.2) is 0 Å². The molecule has 1 N–H and O–H groups in total. The predicted octanol–water partition coefficient (Wildman–Crippen LogP) is 1.29. The minimum Gasteiger partial charge on any atom is -0.550 e. The molecule has 2 rings (SSSR count). The molecule has 4 heteroatoms. The molecule has 1 aliphatic rings. The Balaban J connectivity index is 1.74. The van der Waals surface area contributed by atoms with Gasteiger partial charge in [0.05, 0.1) is 0 Å². The summed E-state index contributed by atoms with van der Waals surface area (Å²) in [5.41, 5.74) is 1.25. The summed E-state index contributed by atoms with van der Waals surface area (Å²) < 4.78 is 0. The van der Waals surface area contributed by atoms with Gasteiger partial charge in [0.1, 0.15) is 0 Å². The van der Waals surface area contributed by atoms with E-state index in [1.54, 1.807) is 0 Å². The zero-order valence-corrected chi connectivity index (χ0v) is 12.2. The van der Waals surface area contributed by atoms with Crippen LogP contribution in [0.5, 0.6) is 0 Å². The van der Waals surface area contributed by atoms with E-state index in [0.717, 1.165) is 25.7 Å². The molecule has 0 aromatic heterocycles. The number of carbonyl (C=O) groups excluding carboxylic acids is 2. The minimum atomic E-state index is -1.08. The fourth-order valence-corrected chi connectivity index (χ4v) is 3.01. The van der Waals surface area contributed by atoms with Crippen molar-refractivity contribution in [3.8, 4) is 0 Å². The maximum Gasteiger partial charge on any atom is 0.223 e. The molecule has 21 heavy (non-hydrogen) atoms. The molecule has 4 nitrogen and oxygen atoms in total. The number of amides is 1. The third kappa shape index (κ3) is 4.59. The van der Waals surface area contributed by atoms with Crippen LogP contribution in [0.4, 0.5) is 0 Å². The molecule has 1 fully saturated rings. The number of carbonyl (C=O) groups is 2. The van der Waals surface area contributed by atoms with E-state index >= 15 is 0 Å². The van der Waals surface area contributed by atoms with E-state index in [1.807, 2.05) is 18.2 Å². The van der Waals surface area contributed by atoms with Gasteiger partial charge in [-0.15, -0.1) is 0 Å². The first-order chi connectivity index (χ1) is 10.2. The molecule has 0 spiro atoms. The number of aryl methyl sites for hydroxylation is 1. The van der Waals surface area contributed by atoms with Crippen LogP contribution in [0.1, 0.15) is 37.7 Å². The minimum absolute atomic E-state index is 0.128. The first kappa shape index (κ1) is 15.5. The van der Waals surface area contributed by atoms with Crippen molar-refractivity contribution < 1.29 is 14.7 Å². The van der Waals surface area contributed by atoms with Gasteiger partial charge in [0.15, 0.2) is 0 Å². The number of hydrogen-bond donors (Lipinski definition) is 1. The topological polar surface area (TPSA) is 69.2 Å². The zero-order chi connectivity index (χ0) is 15.1. The average Bonchev–Trinajstić information content (AvgIpc) is 2.52. The Morgan fingerprint density at radius 3 is 2.43 bits per heavy atom. The molecule has 0 heterocycles. The van der Waals surface area contributed by atoms with Crippen LogP contribution < -0.4 is 10.4 Å². The van der Waals surface area contributed by atoms with Crippen LogP contribution in [0.15, 0.2) is 30.3 Å². The van der Waals surface area contributed by atoms with Crippen molar-refractivity contribution in [2.24, 2.45) is 11.8 Å². The molecule has 1 saturated carbocycles. The summed E-state index contributed by atoms with van der Waals surface area (Å²) in [6.45, 7) is 0.587. The summed E-state index contributed by atoms with van der Waals surface area (Å²) in [6.07, 6.45) is 4.78. The molecule has 0 saturated heterocycles. The summed E-state index contributed by atoms with van der Waals surface area (Å²) in [5, 5.41) is 14.0. The van der Waals surface area contributed by atoms with Crippen molar-refractivity contribution in [1.29, 1.82) is 0 Å². The number of nitrogens with one attached hydrogen (secondary N) is 1. The third-order valence-electron chi connectivity index (χ3n) is 4.19. The molecule has 1 aliphatic carbocycles. The molecule has 114 valence electrons. The smallest absolute Gasteiger partial charge is 0.223 e. The average molecular weight is 288 g/mol. The van der Waals surface area contributed by atoms with Crippen LogP contribution in [-0.2, 0) is 16.0 Å². The molecule has 0 aliphatic heterocycles. The number of benzene rings is 1.